The first-order valence-corrected chi connectivity index (χ1v) is 7.00. The molecule has 0 fully saturated rings. The molecule has 3 N–H and O–H groups in total. The Morgan fingerprint density at radius 3 is 2.50 bits per heavy atom. The van der Waals surface area contributed by atoms with Crippen molar-refractivity contribution in [2.75, 3.05) is 10.5 Å². The lowest BCUT2D eigenvalue weighted by molar-refractivity contribution is 0.598. The Morgan fingerprint density at radius 2 is 1.85 bits per heavy atom. The van der Waals surface area contributed by atoms with Crippen molar-refractivity contribution in [3.05, 3.63) is 53.8 Å². The zero-order chi connectivity index (χ0) is 14.8. The van der Waals surface area contributed by atoms with Crippen LogP contribution in [0.25, 0.3) is 0 Å². The summed E-state index contributed by atoms with van der Waals surface area (Å²) < 4.78 is 40.1. The van der Waals surface area contributed by atoms with E-state index in [1.54, 1.807) is 6.07 Å². The van der Waals surface area contributed by atoms with Crippen LogP contribution in [0.4, 0.5) is 15.8 Å². The molecule has 102 valence electrons. The molecule has 0 spiro atoms. The quantitative estimate of drug-likeness (QED) is 0.846. The Morgan fingerprint density at radius 1 is 1.15 bits per heavy atom. The van der Waals surface area contributed by atoms with Gasteiger partial charge in [-0.3, -0.25) is 4.72 Å². The molecule has 0 aliphatic heterocycles. The molecule has 2 aromatic carbocycles. The number of nitriles is 1. The Labute approximate surface area is 115 Å². The van der Waals surface area contributed by atoms with E-state index in [2.05, 4.69) is 4.72 Å². The highest BCUT2D eigenvalue weighted by atomic mass is 32.2. The first-order valence-electron chi connectivity index (χ1n) is 5.51. The predicted octanol–water partition coefficient (Wildman–Crippen LogP) is 2.08. The van der Waals surface area contributed by atoms with Crippen molar-refractivity contribution in [3.8, 4) is 6.07 Å². The number of rotatable bonds is 3. The number of hydrogen-bond donors (Lipinski definition) is 2. The molecule has 7 heteroatoms. The summed E-state index contributed by atoms with van der Waals surface area (Å²) >= 11 is 0. The second-order valence-corrected chi connectivity index (χ2v) is 5.57. The molecule has 0 aliphatic rings. The fourth-order valence-corrected chi connectivity index (χ4v) is 2.89. The van der Waals surface area contributed by atoms with Gasteiger partial charge in [-0.1, -0.05) is 18.2 Å². The van der Waals surface area contributed by atoms with Crippen molar-refractivity contribution in [1.82, 2.24) is 0 Å². The lowest BCUT2D eigenvalue weighted by Gasteiger charge is -2.11. The van der Waals surface area contributed by atoms with Crippen LogP contribution in [0.1, 0.15) is 5.56 Å². The second kappa shape index (κ2) is 5.19. The van der Waals surface area contributed by atoms with Gasteiger partial charge in [-0.2, -0.15) is 5.26 Å². The third kappa shape index (κ3) is 2.55. The molecule has 2 aromatic rings. The van der Waals surface area contributed by atoms with Crippen LogP contribution in [0, 0.1) is 17.1 Å². The Bertz CT molecular complexity index is 777. The van der Waals surface area contributed by atoms with Crippen LogP contribution in [0.3, 0.4) is 0 Å². The van der Waals surface area contributed by atoms with E-state index in [0.717, 1.165) is 6.07 Å². The van der Waals surface area contributed by atoms with Crippen molar-refractivity contribution < 1.29 is 12.8 Å². The maximum absolute atomic E-state index is 13.6. The monoisotopic (exact) mass is 291 g/mol. The van der Waals surface area contributed by atoms with Crippen molar-refractivity contribution in [1.29, 1.82) is 5.26 Å². The van der Waals surface area contributed by atoms with Gasteiger partial charge in [0, 0.05) is 0 Å². The minimum atomic E-state index is -4.09. The minimum Gasteiger partial charge on any atom is -0.397 e. The fourth-order valence-electron chi connectivity index (χ4n) is 1.63. The summed E-state index contributed by atoms with van der Waals surface area (Å²) in [5.74, 6) is -0.789. The average molecular weight is 291 g/mol. The first kappa shape index (κ1) is 13.8. The van der Waals surface area contributed by atoms with Crippen LogP contribution >= 0.6 is 0 Å². The Kier molecular flexibility index (Phi) is 3.59. The summed E-state index contributed by atoms with van der Waals surface area (Å²) in [5, 5.41) is 8.92. The number of benzene rings is 2. The molecule has 0 saturated heterocycles. The van der Waals surface area contributed by atoms with Crippen molar-refractivity contribution in [2.45, 2.75) is 4.90 Å². The highest BCUT2D eigenvalue weighted by molar-refractivity contribution is 7.92. The molecule has 0 atom stereocenters. The van der Waals surface area contributed by atoms with E-state index in [1.807, 2.05) is 0 Å². The van der Waals surface area contributed by atoms with Crippen LogP contribution in [-0.4, -0.2) is 8.42 Å². The van der Waals surface area contributed by atoms with Gasteiger partial charge in [0.2, 0.25) is 0 Å². The standard InChI is InChI=1S/C13H10FN3O2S/c14-10-5-3-6-11(16)13(10)17-20(18,19)12-7-2-1-4-9(12)8-15/h1-7,17H,16H2. The van der Waals surface area contributed by atoms with E-state index in [0.29, 0.717) is 0 Å². The van der Waals surface area contributed by atoms with Crippen LogP contribution in [0.2, 0.25) is 0 Å². The lowest BCUT2D eigenvalue weighted by Crippen LogP contribution is -2.16. The molecule has 0 heterocycles. The molecular weight excluding hydrogens is 281 g/mol. The highest BCUT2D eigenvalue weighted by Gasteiger charge is 2.20. The number of nitrogen functional groups attached to an aromatic ring is 1. The van der Waals surface area contributed by atoms with Gasteiger partial charge in [-0.25, -0.2) is 12.8 Å². The fraction of sp³-hybridized carbons (Fsp3) is 0. The van der Waals surface area contributed by atoms with Gasteiger partial charge < -0.3 is 5.73 Å². The smallest absolute Gasteiger partial charge is 0.263 e. The van der Waals surface area contributed by atoms with E-state index >= 15 is 0 Å². The SMILES string of the molecule is N#Cc1ccccc1S(=O)(=O)Nc1c(N)cccc1F. The van der Waals surface area contributed by atoms with Crippen LogP contribution in [-0.2, 0) is 10.0 Å². The van der Waals surface area contributed by atoms with E-state index in [-0.39, 0.29) is 21.8 Å². The van der Waals surface area contributed by atoms with Gasteiger partial charge >= 0.3 is 0 Å². The zero-order valence-electron chi connectivity index (χ0n) is 10.2. The molecule has 5 nitrogen and oxygen atoms in total. The minimum absolute atomic E-state index is 0.0325. The van der Waals surface area contributed by atoms with Crippen molar-refractivity contribution in [3.63, 3.8) is 0 Å². The molecule has 0 unspecified atom stereocenters. The number of nitrogens with two attached hydrogens (primary N) is 1. The summed E-state index contributed by atoms with van der Waals surface area (Å²) in [6.45, 7) is 0. The van der Waals surface area contributed by atoms with E-state index in [9.17, 15) is 12.8 Å². The largest absolute Gasteiger partial charge is 0.397 e. The van der Waals surface area contributed by atoms with Gasteiger partial charge in [0.1, 0.15) is 22.5 Å². The molecule has 0 bridgehead atoms. The Hall–Kier alpha value is -2.59. The number of nitrogens with zero attached hydrogens (tertiary/aromatic N) is 1. The van der Waals surface area contributed by atoms with Crippen LogP contribution < -0.4 is 10.5 Å². The summed E-state index contributed by atoms with van der Waals surface area (Å²) in [7, 11) is -4.09. The van der Waals surface area contributed by atoms with Gasteiger partial charge in [-0.15, -0.1) is 0 Å². The molecular formula is C13H10FN3O2S. The number of sulfonamides is 1. The number of halogens is 1. The number of para-hydroxylation sites is 1. The molecule has 20 heavy (non-hydrogen) atoms. The maximum atomic E-state index is 13.6. The summed E-state index contributed by atoms with van der Waals surface area (Å²) in [5.41, 5.74) is 5.14. The summed E-state index contributed by atoms with van der Waals surface area (Å²) in [6.07, 6.45) is 0. The van der Waals surface area contributed by atoms with E-state index < -0.39 is 15.8 Å². The lowest BCUT2D eigenvalue weighted by atomic mass is 10.2. The zero-order valence-corrected chi connectivity index (χ0v) is 11.0. The molecule has 0 amide bonds. The van der Waals surface area contributed by atoms with Crippen LogP contribution in [0.5, 0.6) is 0 Å². The normalized spacial score (nSPS) is 10.8. The van der Waals surface area contributed by atoms with Gasteiger partial charge in [0.25, 0.3) is 10.0 Å². The highest BCUT2D eigenvalue weighted by Crippen LogP contribution is 2.26. The first-order chi connectivity index (χ1) is 9.45. The second-order valence-electron chi connectivity index (χ2n) is 3.92. The maximum Gasteiger partial charge on any atom is 0.263 e. The molecule has 0 saturated carbocycles. The number of hydrogen-bond acceptors (Lipinski definition) is 4. The average Bonchev–Trinajstić information content (AvgIpc) is 2.43. The van der Waals surface area contributed by atoms with Gasteiger partial charge in [-0.05, 0) is 24.3 Å². The van der Waals surface area contributed by atoms with Gasteiger partial charge in [0.05, 0.1) is 11.3 Å². The summed E-state index contributed by atoms with van der Waals surface area (Å²) in [6, 6.07) is 11.2. The molecule has 0 aliphatic carbocycles. The van der Waals surface area contributed by atoms with Crippen molar-refractivity contribution >= 4 is 21.4 Å². The number of anilines is 2. The molecule has 2 rings (SSSR count). The Balaban J connectivity index is 2.50. The third-order valence-corrected chi connectivity index (χ3v) is 3.99. The third-order valence-electron chi connectivity index (χ3n) is 2.58. The molecule has 0 aromatic heterocycles. The van der Waals surface area contributed by atoms with Crippen LogP contribution in [0.15, 0.2) is 47.4 Å². The van der Waals surface area contributed by atoms with E-state index in [1.165, 1.54) is 36.4 Å². The predicted molar refractivity (Wildman–Crippen MR) is 72.8 cm³/mol. The topological polar surface area (TPSA) is 96.0 Å². The van der Waals surface area contributed by atoms with Gasteiger partial charge in [0.15, 0.2) is 0 Å². The van der Waals surface area contributed by atoms with E-state index in [4.69, 9.17) is 11.0 Å². The number of nitrogens with one attached hydrogen (secondary N) is 1. The molecule has 0 radical (unpaired) electrons. The van der Waals surface area contributed by atoms with Crippen molar-refractivity contribution in [2.24, 2.45) is 0 Å². The summed E-state index contributed by atoms with van der Waals surface area (Å²) in [4.78, 5) is -0.231.